The number of nitro groups is 1. The molecule has 0 saturated carbocycles. The minimum Gasteiger partial charge on any atom is -0.490 e. The van der Waals surface area contributed by atoms with E-state index in [1.165, 1.54) is 25.3 Å². The topological polar surface area (TPSA) is 79.2 Å². The van der Waals surface area contributed by atoms with Crippen molar-refractivity contribution in [3.8, 4) is 5.75 Å². The summed E-state index contributed by atoms with van der Waals surface area (Å²) in [6.07, 6.45) is 3.38. The van der Waals surface area contributed by atoms with Crippen molar-refractivity contribution in [3.05, 3.63) is 40.0 Å². The molecule has 0 N–H and O–H groups in total. The lowest BCUT2D eigenvalue weighted by Crippen LogP contribution is -2.53. The summed E-state index contributed by atoms with van der Waals surface area (Å²) in [7, 11) is 3.51. The number of nitro benzene ring substituents is 1. The molecule has 0 aromatic heterocycles. The Bertz CT molecular complexity index is 751. The van der Waals surface area contributed by atoms with E-state index in [4.69, 9.17) is 4.74 Å². The van der Waals surface area contributed by atoms with Gasteiger partial charge in [0.05, 0.1) is 17.6 Å². The summed E-state index contributed by atoms with van der Waals surface area (Å²) in [5.41, 5.74) is 0.692. The van der Waals surface area contributed by atoms with Gasteiger partial charge in [0.1, 0.15) is 0 Å². The summed E-state index contributed by atoms with van der Waals surface area (Å²) < 4.78 is 5.13. The van der Waals surface area contributed by atoms with Gasteiger partial charge in [0.15, 0.2) is 5.75 Å². The normalized spacial score (nSPS) is 19.4. The van der Waals surface area contributed by atoms with Gasteiger partial charge in [0.2, 0.25) is 0 Å². The quantitative estimate of drug-likeness (QED) is 0.568. The van der Waals surface area contributed by atoms with Crippen LogP contribution in [-0.4, -0.2) is 85.0 Å². The molecule has 3 rings (SSSR count). The van der Waals surface area contributed by atoms with Crippen LogP contribution < -0.4 is 4.74 Å². The number of ether oxygens (including phenoxy) is 1. The zero-order valence-corrected chi connectivity index (χ0v) is 16.6. The molecule has 8 heteroatoms. The van der Waals surface area contributed by atoms with Gasteiger partial charge in [-0.1, -0.05) is 12.7 Å². The molecular weight excluding hydrogens is 360 g/mol. The molecule has 0 aliphatic carbocycles. The summed E-state index contributed by atoms with van der Waals surface area (Å²) in [4.78, 5) is 30.5. The fourth-order valence-corrected chi connectivity index (χ4v) is 4.04. The van der Waals surface area contributed by atoms with Gasteiger partial charge >= 0.3 is 5.69 Å². The number of likely N-dealkylation sites (tertiary alicyclic amines) is 1. The standard InChI is InChI=1S/C20H28N4O4/c1-4-15-13-18(24(26)27)19(28-3)14-17(15)20(25)23-7-5-16(6-8-23)22-11-9-21(2)10-12-22/h4,13-14,16H,1,5-12H2,2-3H3. The monoisotopic (exact) mass is 388 g/mol. The van der Waals surface area contributed by atoms with Gasteiger partial charge in [-0.2, -0.15) is 0 Å². The van der Waals surface area contributed by atoms with Crippen LogP contribution >= 0.6 is 0 Å². The SMILES string of the molecule is C=Cc1cc([N+](=O)[O-])c(OC)cc1C(=O)N1CCC(N2CCN(C)CC2)CC1. The van der Waals surface area contributed by atoms with Gasteiger partial charge in [-0.25, -0.2) is 0 Å². The number of hydrogen-bond donors (Lipinski definition) is 0. The van der Waals surface area contributed by atoms with Crippen molar-refractivity contribution in [2.24, 2.45) is 0 Å². The number of piperazine rings is 1. The van der Waals surface area contributed by atoms with Crippen molar-refractivity contribution in [1.82, 2.24) is 14.7 Å². The lowest BCUT2D eigenvalue weighted by Gasteiger charge is -2.42. The molecular formula is C20H28N4O4. The molecule has 2 saturated heterocycles. The van der Waals surface area contributed by atoms with Crippen molar-refractivity contribution in [3.63, 3.8) is 0 Å². The molecule has 0 unspecified atom stereocenters. The highest BCUT2D eigenvalue weighted by atomic mass is 16.6. The maximum Gasteiger partial charge on any atom is 0.311 e. The van der Waals surface area contributed by atoms with E-state index < -0.39 is 4.92 Å². The average Bonchev–Trinajstić information content (AvgIpc) is 2.72. The highest BCUT2D eigenvalue weighted by molar-refractivity contribution is 5.99. The van der Waals surface area contributed by atoms with Crippen LogP contribution in [0.2, 0.25) is 0 Å². The first-order chi connectivity index (χ1) is 13.4. The number of hydrogen-bond acceptors (Lipinski definition) is 6. The van der Waals surface area contributed by atoms with Crippen LogP contribution in [0.5, 0.6) is 5.75 Å². The van der Waals surface area contributed by atoms with E-state index in [1.807, 2.05) is 4.90 Å². The number of nitrogens with zero attached hydrogens (tertiary/aromatic N) is 4. The van der Waals surface area contributed by atoms with Crippen LogP contribution in [0.25, 0.3) is 6.08 Å². The summed E-state index contributed by atoms with van der Waals surface area (Å²) >= 11 is 0. The molecule has 2 aliphatic rings. The highest BCUT2D eigenvalue weighted by Crippen LogP contribution is 2.32. The third-order valence-corrected chi connectivity index (χ3v) is 5.80. The number of rotatable bonds is 5. The van der Waals surface area contributed by atoms with E-state index >= 15 is 0 Å². The molecule has 1 aromatic rings. The van der Waals surface area contributed by atoms with Crippen LogP contribution in [0.3, 0.4) is 0 Å². The smallest absolute Gasteiger partial charge is 0.311 e. The molecule has 0 atom stereocenters. The maximum atomic E-state index is 13.1. The van der Waals surface area contributed by atoms with E-state index in [0.717, 1.165) is 39.0 Å². The summed E-state index contributed by atoms with van der Waals surface area (Å²) in [6, 6.07) is 3.34. The molecule has 8 nitrogen and oxygen atoms in total. The Morgan fingerprint density at radius 3 is 2.39 bits per heavy atom. The van der Waals surface area contributed by atoms with Gasteiger partial charge in [-0.15, -0.1) is 0 Å². The summed E-state index contributed by atoms with van der Waals surface area (Å²) in [5.74, 6) is -0.0359. The molecule has 0 spiro atoms. The number of carbonyl (C=O) groups is 1. The predicted molar refractivity (Wildman–Crippen MR) is 108 cm³/mol. The highest BCUT2D eigenvalue weighted by Gasteiger charge is 2.30. The molecule has 28 heavy (non-hydrogen) atoms. The first kappa shape index (κ1) is 20.3. The molecule has 0 bridgehead atoms. The Labute approximate surface area is 165 Å². The van der Waals surface area contributed by atoms with Crippen molar-refractivity contribution >= 4 is 17.7 Å². The van der Waals surface area contributed by atoms with Crippen molar-refractivity contribution in [2.45, 2.75) is 18.9 Å². The van der Waals surface area contributed by atoms with E-state index in [0.29, 0.717) is 30.3 Å². The van der Waals surface area contributed by atoms with Crippen LogP contribution in [0, 0.1) is 10.1 Å². The van der Waals surface area contributed by atoms with Crippen molar-refractivity contribution in [1.29, 1.82) is 0 Å². The number of piperidine rings is 1. The molecule has 0 radical (unpaired) electrons. The molecule has 2 aliphatic heterocycles. The Hall–Kier alpha value is -2.45. The summed E-state index contributed by atoms with van der Waals surface area (Å²) in [6.45, 7) is 9.41. The van der Waals surface area contributed by atoms with Gasteiger partial charge in [0, 0.05) is 57.4 Å². The second kappa shape index (κ2) is 8.70. The van der Waals surface area contributed by atoms with Crippen molar-refractivity contribution in [2.75, 3.05) is 53.4 Å². The Kier molecular flexibility index (Phi) is 6.31. The minimum absolute atomic E-state index is 0.0891. The molecule has 1 aromatic carbocycles. The molecule has 2 heterocycles. The van der Waals surface area contributed by atoms with Crippen LogP contribution in [0.4, 0.5) is 5.69 Å². The number of likely N-dealkylation sites (N-methyl/N-ethyl adjacent to an activating group) is 1. The lowest BCUT2D eigenvalue weighted by molar-refractivity contribution is -0.385. The molecule has 152 valence electrons. The first-order valence-electron chi connectivity index (χ1n) is 9.65. The second-order valence-corrected chi connectivity index (χ2v) is 7.44. The van der Waals surface area contributed by atoms with Crippen LogP contribution in [0.15, 0.2) is 18.7 Å². The zero-order valence-electron chi connectivity index (χ0n) is 16.6. The molecule has 2 fully saturated rings. The predicted octanol–water partition coefficient (Wildman–Crippen LogP) is 2.10. The molecule has 1 amide bonds. The number of amides is 1. The number of carbonyl (C=O) groups excluding carboxylic acids is 1. The van der Waals surface area contributed by atoms with E-state index in [9.17, 15) is 14.9 Å². The Morgan fingerprint density at radius 2 is 1.86 bits per heavy atom. The van der Waals surface area contributed by atoms with Gasteiger partial charge in [-0.3, -0.25) is 19.8 Å². The Morgan fingerprint density at radius 1 is 1.21 bits per heavy atom. The fraction of sp³-hybridized carbons (Fsp3) is 0.550. The average molecular weight is 388 g/mol. The number of benzene rings is 1. The van der Waals surface area contributed by atoms with E-state index in [1.54, 1.807) is 0 Å². The first-order valence-corrected chi connectivity index (χ1v) is 9.65. The largest absolute Gasteiger partial charge is 0.490 e. The lowest BCUT2D eigenvalue weighted by atomic mass is 9.99. The van der Waals surface area contributed by atoms with E-state index in [2.05, 4.69) is 23.4 Å². The van der Waals surface area contributed by atoms with Gasteiger partial charge in [0.25, 0.3) is 5.91 Å². The van der Waals surface area contributed by atoms with Crippen molar-refractivity contribution < 1.29 is 14.5 Å². The van der Waals surface area contributed by atoms with E-state index in [-0.39, 0.29) is 17.3 Å². The van der Waals surface area contributed by atoms with Crippen LogP contribution in [0.1, 0.15) is 28.8 Å². The second-order valence-electron chi connectivity index (χ2n) is 7.44. The maximum absolute atomic E-state index is 13.1. The summed E-state index contributed by atoms with van der Waals surface area (Å²) in [5, 5.41) is 11.2. The van der Waals surface area contributed by atoms with Crippen LogP contribution in [-0.2, 0) is 0 Å². The third-order valence-electron chi connectivity index (χ3n) is 5.80. The van der Waals surface area contributed by atoms with Gasteiger partial charge in [-0.05, 0) is 25.5 Å². The third kappa shape index (κ3) is 4.18. The fourth-order valence-electron chi connectivity index (χ4n) is 4.04. The van der Waals surface area contributed by atoms with Gasteiger partial charge < -0.3 is 14.5 Å². The minimum atomic E-state index is -0.512. The zero-order chi connectivity index (χ0) is 20.3. The number of methoxy groups -OCH3 is 1. The Balaban J connectivity index is 1.71.